The van der Waals surface area contributed by atoms with Crippen molar-refractivity contribution < 1.29 is 22.4 Å². The van der Waals surface area contributed by atoms with Crippen LogP contribution in [-0.2, 0) is 0 Å². The van der Waals surface area contributed by atoms with E-state index in [0.29, 0.717) is 19.2 Å². The van der Waals surface area contributed by atoms with Crippen LogP contribution in [0.1, 0.15) is 47.6 Å². The number of carbonyl (C=O) groups is 1. The van der Waals surface area contributed by atoms with Crippen molar-refractivity contribution in [1.82, 2.24) is 19.5 Å². The van der Waals surface area contributed by atoms with Gasteiger partial charge in [-0.25, -0.2) is 27.1 Å². The number of aromatic nitrogens is 3. The number of halogens is 4. The van der Waals surface area contributed by atoms with E-state index in [1.165, 1.54) is 6.07 Å². The zero-order valence-electron chi connectivity index (χ0n) is 11.3. The van der Waals surface area contributed by atoms with Crippen molar-refractivity contribution in [3.8, 4) is 0 Å². The average molecular weight is 316 g/mol. The molecule has 0 N–H and O–H groups in total. The second-order valence-corrected chi connectivity index (χ2v) is 5.01. The molecule has 0 atom stereocenters. The standard InChI is InChI=1S/C13H12F4N4O/c14-11(15)7-5-9(12(16)17)21-10(18-7)6-8(19-21)13(22)20-3-1-2-4-20/h5-6,11-12H,1-4H2. The highest BCUT2D eigenvalue weighted by Crippen LogP contribution is 2.25. The first-order chi connectivity index (χ1) is 10.5. The minimum atomic E-state index is -3.00. The van der Waals surface area contributed by atoms with Crippen LogP contribution in [0.4, 0.5) is 17.6 Å². The Hall–Kier alpha value is -2.19. The predicted octanol–water partition coefficient (Wildman–Crippen LogP) is 2.84. The molecule has 0 aromatic carbocycles. The van der Waals surface area contributed by atoms with E-state index in [1.54, 1.807) is 4.90 Å². The normalized spacial score (nSPS) is 15.5. The molecule has 22 heavy (non-hydrogen) atoms. The van der Waals surface area contributed by atoms with Gasteiger partial charge in [-0.2, -0.15) is 5.10 Å². The maximum absolute atomic E-state index is 13.0. The predicted molar refractivity (Wildman–Crippen MR) is 68.0 cm³/mol. The van der Waals surface area contributed by atoms with Crippen LogP contribution in [0.15, 0.2) is 12.1 Å². The van der Waals surface area contributed by atoms with Gasteiger partial charge in [0.2, 0.25) is 0 Å². The summed E-state index contributed by atoms with van der Waals surface area (Å²) in [5, 5.41) is 3.82. The maximum atomic E-state index is 13.0. The lowest BCUT2D eigenvalue weighted by Crippen LogP contribution is -2.28. The van der Waals surface area contributed by atoms with E-state index in [2.05, 4.69) is 10.1 Å². The molecule has 0 spiro atoms. The molecule has 0 unspecified atom stereocenters. The summed E-state index contributed by atoms with van der Waals surface area (Å²) in [5.74, 6) is -0.401. The molecule has 3 heterocycles. The molecule has 2 aromatic rings. The molecule has 0 bridgehead atoms. The molecule has 5 nitrogen and oxygen atoms in total. The van der Waals surface area contributed by atoms with Gasteiger partial charge >= 0.3 is 0 Å². The summed E-state index contributed by atoms with van der Waals surface area (Å²) in [6, 6.07) is 1.78. The molecular formula is C13H12F4N4O. The van der Waals surface area contributed by atoms with Gasteiger partial charge in [0.05, 0.1) is 0 Å². The molecule has 1 aliphatic heterocycles. The monoisotopic (exact) mass is 316 g/mol. The highest BCUT2D eigenvalue weighted by molar-refractivity contribution is 5.93. The smallest absolute Gasteiger partial charge is 0.280 e. The molecule has 1 aliphatic rings. The highest BCUT2D eigenvalue weighted by atomic mass is 19.3. The van der Waals surface area contributed by atoms with Crippen molar-refractivity contribution in [2.24, 2.45) is 0 Å². The first-order valence-electron chi connectivity index (χ1n) is 6.73. The molecule has 0 saturated carbocycles. The van der Waals surface area contributed by atoms with Gasteiger partial charge in [-0.1, -0.05) is 0 Å². The Morgan fingerprint density at radius 1 is 1.09 bits per heavy atom. The Morgan fingerprint density at radius 2 is 1.77 bits per heavy atom. The number of carbonyl (C=O) groups excluding carboxylic acids is 1. The molecule has 0 radical (unpaired) electrons. The van der Waals surface area contributed by atoms with Gasteiger partial charge in [0.1, 0.15) is 11.4 Å². The fraction of sp³-hybridized carbons (Fsp3) is 0.462. The molecular weight excluding hydrogens is 304 g/mol. The number of amides is 1. The number of likely N-dealkylation sites (tertiary alicyclic amines) is 1. The summed E-state index contributed by atoms with van der Waals surface area (Å²) in [4.78, 5) is 17.4. The van der Waals surface area contributed by atoms with Gasteiger partial charge in [0.25, 0.3) is 18.8 Å². The molecule has 9 heteroatoms. The SMILES string of the molecule is O=C(c1cc2nc(C(F)F)cc(C(F)F)n2n1)N1CCCC1. The van der Waals surface area contributed by atoms with Crippen LogP contribution in [0.3, 0.4) is 0 Å². The number of nitrogens with zero attached hydrogens (tertiary/aromatic N) is 4. The summed E-state index contributed by atoms with van der Waals surface area (Å²) in [7, 11) is 0. The number of hydrogen-bond acceptors (Lipinski definition) is 3. The molecule has 1 fully saturated rings. The van der Waals surface area contributed by atoms with Crippen molar-refractivity contribution in [2.75, 3.05) is 13.1 Å². The van der Waals surface area contributed by atoms with Gasteiger partial charge in [0, 0.05) is 19.2 Å². The number of alkyl halides is 4. The zero-order chi connectivity index (χ0) is 15.9. The van der Waals surface area contributed by atoms with Crippen LogP contribution in [0.5, 0.6) is 0 Å². The van der Waals surface area contributed by atoms with Crippen molar-refractivity contribution in [2.45, 2.75) is 25.7 Å². The van der Waals surface area contributed by atoms with Crippen molar-refractivity contribution in [3.05, 3.63) is 29.2 Å². The first-order valence-corrected chi connectivity index (χ1v) is 6.73. The largest absolute Gasteiger partial charge is 0.337 e. The van der Waals surface area contributed by atoms with E-state index in [-0.39, 0.29) is 11.3 Å². The topological polar surface area (TPSA) is 50.5 Å². The van der Waals surface area contributed by atoms with E-state index in [9.17, 15) is 22.4 Å². The maximum Gasteiger partial charge on any atom is 0.280 e. The van der Waals surface area contributed by atoms with Crippen LogP contribution in [0, 0.1) is 0 Å². The zero-order valence-corrected chi connectivity index (χ0v) is 11.3. The quantitative estimate of drug-likeness (QED) is 0.818. The molecule has 118 valence electrons. The Labute approximate surface area is 122 Å². The molecule has 2 aromatic heterocycles. The van der Waals surface area contributed by atoms with E-state index in [1.807, 2.05) is 0 Å². The van der Waals surface area contributed by atoms with Gasteiger partial charge in [-0.15, -0.1) is 0 Å². The van der Waals surface area contributed by atoms with Crippen LogP contribution in [-0.4, -0.2) is 38.5 Å². The third kappa shape index (κ3) is 2.51. The van der Waals surface area contributed by atoms with E-state index < -0.39 is 30.1 Å². The summed E-state index contributed by atoms with van der Waals surface area (Å²) < 4.78 is 52.3. The van der Waals surface area contributed by atoms with Crippen LogP contribution in [0.2, 0.25) is 0 Å². The number of hydrogen-bond donors (Lipinski definition) is 0. The fourth-order valence-corrected chi connectivity index (χ4v) is 2.47. The van der Waals surface area contributed by atoms with Crippen LogP contribution < -0.4 is 0 Å². The van der Waals surface area contributed by atoms with E-state index in [4.69, 9.17) is 0 Å². The molecule has 0 aliphatic carbocycles. The Morgan fingerprint density at radius 3 is 2.36 bits per heavy atom. The number of fused-ring (bicyclic) bond motifs is 1. The van der Waals surface area contributed by atoms with E-state index >= 15 is 0 Å². The highest BCUT2D eigenvalue weighted by Gasteiger charge is 2.25. The second-order valence-electron chi connectivity index (χ2n) is 5.01. The lowest BCUT2D eigenvalue weighted by molar-refractivity contribution is 0.0785. The van der Waals surface area contributed by atoms with Gasteiger partial charge in [-0.05, 0) is 18.9 Å². The first kappa shape index (κ1) is 14.7. The number of rotatable bonds is 3. The Kier molecular flexibility index (Phi) is 3.71. The average Bonchev–Trinajstić information content (AvgIpc) is 3.14. The van der Waals surface area contributed by atoms with Crippen molar-refractivity contribution in [3.63, 3.8) is 0 Å². The van der Waals surface area contributed by atoms with Gasteiger partial charge in [-0.3, -0.25) is 4.79 Å². The summed E-state index contributed by atoms with van der Waals surface area (Å²) in [5.41, 5.74) is -1.72. The minimum absolute atomic E-state index is 0.0669. The minimum Gasteiger partial charge on any atom is -0.337 e. The third-order valence-corrected chi connectivity index (χ3v) is 3.53. The summed E-state index contributed by atoms with van der Waals surface area (Å²) in [6.45, 7) is 1.15. The molecule has 1 amide bonds. The lowest BCUT2D eigenvalue weighted by atomic mass is 10.3. The lowest BCUT2D eigenvalue weighted by Gasteiger charge is -2.12. The summed E-state index contributed by atoms with van der Waals surface area (Å²) >= 11 is 0. The molecule has 3 rings (SSSR count). The Bertz CT molecular complexity index is 709. The summed E-state index contributed by atoms with van der Waals surface area (Å²) in [6.07, 6.45) is -4.24. The van der Waals surface area contributed by atoms with Gasteiger partial charge in [0.15, 0.2) is 11.3 Å². The third-order valence-electron chi connectivity index (χ3n) is 3.53. The van der Waals surface area contributed by atoms with Crippen molar-refractivity contribution in [1.29, 1.82) is 0 Å². The molecule has 1 saturated heterocycles. The van der Waals surface area contributed by atoms with Crippen LogP contribution >= 0.6 is 0 Å². The van der Waals surface area contributed by atoms with Crippen molar-refractivity contribution >= 4 is 11.6 Å². The second kappa shape index (κ2) is 5.54. The van der Waals surface area contributed by atoms with E-state index in [0.717, 1.165) is 17.4 Å². The Balaban J connectivity index is 2.07. The van der Waals surface area contributed by atoms with Gasteiger partial charge < -0.3 is 4.90 Å². The van der Waals surface area contributed by atoms with Crippen LogP contribution in [0.25, 0.3) is 5.65 Å². The fourth-order valence-electron chi connectivity index (χ4n) is 2.47.